The molecule has 1 saturated heterocycles. The van der Waals surface area contributed by atoms with E-state index in [4.69, 9.17) is 4.74 Å². The van der Waals surface area contributed by atoms with Crippen molar-refractivity contribution in [3.8, 4) is 0 Å². The van der Waals surface area contributed by atoms with Gasteiger partial charge in [-0.2, -0.15) is 5.10 Å². The summed E-state index contributed by atoms with van der Waals surface area (Å²) in [5.41, 5.74) is 2.20. The third-order valence-corrected chi connectivity index (χ3v) is 3.81. The van der Waals surface area contributed by atoms with Crippen molar-refractivity contribution in [3.05, 3.63) is 48.0 Å². The fourth-order valence-corrected chi connectivity index (χ4v) is 2.60. The first-order valence-corrected chi connectivity index (χ1v) is 7.79. The van der Waals surface area contributed by atoms with Crippen LogP contribution < -0.4 is 10.6 Å². The zero-order chi connectivity index (χ0) is 15.9. The number of benzene rings is 1. The molecule has 0 radical (unpaired) electrons. The minimum Gasteiger partial charge on any atom is -0.375 e. The first kappa shape index (κ1) is 21.4. The van der Waals surface area contributed by atoms with Crippen LogP contribution in [0.25, 0.3) is 0 Å². The Morgan fingerprint density at radius 3 is 2.80 bits per heavy atom. The standard InChI is InChI=1S/C16H21N5O2.2ClH/c22-16(7-15-9-17-5-6-23-15)19-8-13-3-1-2-4-14(13)10-21-12-18-11-20-21;;/h1-4,11-12,15,17H,5-10H2,(H,19,22);2*1H. The Labute approximate surface area is 159 Å². The fourth-order valence-electron chi connectivity index (χ4n) is 2.60. The molecule has 25 heavy (non-hydrogen) atoms. The number of halogens is 2. The van der Waals surface area contributed by atoms with Gasteiger partial charge < -0.3 is 15.4 Å². The van der Waals surface area contributed by atoms with Crippen LogP contribution in [-0.4, -0.2) is 46.5 Å². The van der Waals surface area contributed by atoms with Crippen LogP contribution in [0, 0.1) is 0 Å². The Morgan fingerprint density at radius 1 is 1.32 bits per heavy atom. The normalized spacial score (nSPS) is 16.4. The predicted molar refractivity (Wildman–Crippen MR) is 99.1 cm³/mol. The molecule has 9 heteroatoms. The molecule has 7 nitrogen and oxygen atoms in total. The van der Waals surface area contributed by atoms with Crippen molar-refractivity contribution in [2.45, 2.75) is 25.6 Å². The number of ether oxygens (including phenoxy) is 1. The Kier molecular flexibility index (Phi) is 9.44. The van der Waals surface area contributed by atoms with Crippen molar-refractivity contribution in [2.75, 3.05) is 19.7 Å². The second-order valence-corrected chi connectivity index (χ2v) is 5.54. The summed E-state index contributed by atoms with van der Waals surface area (Å²) in [6, 6.07) is 8.02. The summed E-state index contributed by atoms with van der Waals surface area (Å²) in [5, 5.41) is 10.3. The lowest BCUT2D eigenvalue weighted by Crippen LogP contribution is -2.41. The van der Waals surface area contributed by atoms with Crippen LogP contribution >= 0.6 is 24.8 Å². The number of nitrogens with zero attached hydrogens (tertiary/aromatic N) is 3. The van der Waals surface area contributed by atoms with Gasteiger partial charge in [-0.1, -0.05) is 24.3 Å². The first-order valence-electron chi connectivity index (χ1n) is 7.79. The number of carbonyl (C=O) groups is 1. The summed E-state index contributed by atoms with van der Waals surface area (Å²) in [6.07, 6.45) is 3.55. The van der Waals surface area contributed by atoms with E-state index in [1.165, 1.54) is 6.33 Å². The smallest absolute Gasteiger partial charge is 0.222 e. The van der Waals surface area contributed by atoms with Crippen LogP contribution in [0.15, 0.2) is 36.9 Å². The SMILES string of the molecule is Cl.Cl.O=C(CC1CNCCO1)NCc1ccccc1Cn1cncn1. The van der Waals surface area contributed by atoms with Gasteiger partial charge in [0.25, 0.3) is 0 Å². The van der Waals surface area contributed by atoms with Crippen LogP contribution in [0.1, 0.15) is 17.5 Å². The van der Waals surface area contributed by atoms with Crippen molar-refractivity contribution in [1.29, 1.82) is 0 Å². The maximum atomic E-state index is 12.1. The molecule has 1 atom stereocenters. The van der Waals surface area contributed by atoms with Crippen molar-refractivity contribution in [1.82, 2.24) is 25.4 Å². The molecule has 0 spiro atoms. The molecule has 2 N–H and O–H groups in total. The first-order chi connectivity index (χ1) is 11.3. The summed E-state index contributed by atoms with van der Waals surface area (Å²) in [7, 11) is 0. The largest absolute Gasteiger partial charge is 0.375 e. The fraction of sp³-hybridized carbons (Fsp3) is 0.438. The number of amides is 1. The molecule has 1 aromatic heterocycles. The number of nitrogens with one attached hydrogen (secondary N) is 2. The highest BCUT2D eigenvalue weighted by Gasteiger charge is 2.17. The van der Waals surface area contributed by atoms with Gasteiger partial charge in [-0.15, -0.1) is 24.8 Å². The molecule has 1 amide bonds. The molecule has 1 unspecified atom stereocenters. The molecule has 0 bridgehead atoms. The van der Waals surface area contributed by atoms with Gasteiger partial charge in [-0.05, 0) is 11.1 Å². The highest BCUT2D eigenvalue weighted by Crippen LogP contribution is 2.10. The maximum Gasteiger partial charge on any atom is 0.222 e. The van der Waals surface area contributed by atoms with Gasteiger partial charge in [0.2, 0.25) is 5.91 Å². The third-order valence-electron chi connectivity index (χ3n) is 3.81. The second-order valence-electron chi connectivity index (χ2n) is 5.54. The van der Waals surface area contributed by atoms with Gasteiger partial charge in [-0.25, -0.2) is 9.67 Å². The summed E-state index contributed by atoms with van der Waals surface area (Å²) in [6.45, 7) is 3.40. The van der Waals surface area contributed by atoms with Crippen molar-refractivity contribution in [3.63, 3.8) is 0 Å². The van der Waals surface area contributed by atoms with Gasteiger partial charge in [-0.3, -0.25) is 4.79 Å². The number of carbonyl (C=O) groups excluding carboxylic acids is 1. The van der Waals surface area contributed by atoms with E-state index in [0.29, 0.717) is 26.1 Å². The van der Waals surface area contributed by atoms with Gasteiger partial charge >= 0.3 is 0 Å². The Bertz CT molecular complexity index is 633. The summed E-state index contributed by atoms with van der Waals surface area (Å²) >= 11 is 0. The van der Waals surface area contributed by atoms with Crippen LogP contribution in [0.4, 0.5) is 0 Å². The monoisotopic (exact) mass is 387 g/mol. The van der Waals surface area contributed by atoms with E-state index in [2.05, 4.69) is 20.7 Å². The number of aromatic nitrogens is 3. The van der Waals surface area contributed by atoms with Crippen LogP contribution in [0.5, 0.6) is 0 Å². The Balaban J connectivity index is 0.00000156. The molecule has 1 aliphatic heterocycles. The molecule has 1 aliphatic rings. The van der Waals surface area contributed by atoms with Gasteiger partial charge in [0.1, 0.15) is 12.7 Å². The molecule has 1 aromatic carbocycles. The zero-order valence-electron chi connectivity index (χ0n) is 13.8. The molecule has 0 saturated carbocycles. The lowest BCUT2D eigenvalue weighted by molar-refractivity contribution is -0.124. The molecule has 1 fully saturated rings. The molecule has 0 aliphatic carbocycles. The second kappa shape index (κ2) is 11.0. The number of hydrogen-bond donors (Lipinski definition) is 2. The van der Waals surface area contributed by atoms with E-state index in [1.807, 2.05) is 24.3 Å². The molecule has 2 aromatic rings. The van der Waals surface area contributed by atoms with Crippen molar-refractivity contribution < 1.29 is 9.53 Å². The van der Waals surface area contributed by atoms with E-state index in [0.717, 1.165) is 24.2 Å². The van der Waals surface area contributed by atoms with Crippen molar-refractivity contribution >= 4 is 30.7 Å². The van der Waals surface area contributed by atoms with E-state index in [-0.39, 0.29) is 36.8 Å². The lowest BCUT2D eigenvalue weighted by Gasteiger charge is -2.23. The van der Waals surface area contributed by atoms with Crippen LogP contribution in [-0.2, 0) is 22.6 Å². The molecular formula is C16H23Cl2N5O2. The van der Waals surface area contributed by atoms with E-state index in [1.54, 1.807) is 11.0 Å². The molecule has 138 valence electrons. The summed E-state index contributed by atoms with van der Waals surface area (Å²) < 4.78 is 7.32. The van der Waals surface area contributed by atoms with Crippen LogP contribution in [0.2, 0.25) is 0 Å². The molecule has 3 rings (SSSR count). The van der Waals surface area contributed by atoms with E-state index < -0.39 is 0 Å². The third kappa shape index (κ3) is 6.62. The average Bonchev–Trinajstić information content (AvgIpc) is 3.08. The Hall–Kier alpha value is -1.67. The van der Waals surface area contributed by atoms with Gasteiger partial charge in [0.05, 0.1) is 25.7 Å². The van der Waals surface area contributed by atoms with Gasteiger partial charge in [0, 0.05) is 19.6 Å². The predicted octanol–water partition coefficient (Wildman–Crippen LogP) is 1.16. The summed E-state index contributed by atoms with van der Waals surface area (Å²) in [4.78, 5) is 16.0. The topological polar surface area (TPSA) is 81.1 Å². The zero-order valence-corrected chi connectivity index (χ0v) is 15.4. The average molecular weight is 388 g/mol. The minimum absolute atomic E-state index is 0. The van der Waals surface area contributed by atoms with Crippen LogP contribution in [0.3, 0.4) is 0 Å². The number of hydrogen-bond acceptors (Lipinski definition) is 5. The van der Waals surface area contributed by atoms with E-state index >= 15 is 0 Å². The minimum atomic E-state index is -0.0332. The highest BCUT2D eigenvalue weighted by molar-refractivity contribution is 5.85. The van der Waals surface area contributed by atoms with Crippen molar-refractivity contribution in [2.24, 2.45) is 0 Å². The quantitative estimate of drug-likeness (QED) is 0.777. The number of morpholine rings is 1. The molecule has 2 heterocycles. The lowest BCUT2D eigenvalue weighted by atomic mass is 10.1. The Morgan fingerprint density at radius 2 is 2.12 bits per heavy atom. The van der Waals surface area contributed by atoms with E-state index in [9.17, 15) is 4.79 Å². The summed E-state index contributed by atoms with van der Waals surface area (Å²) in [5.74, 6) is 0.00857. The highest BCUT2D eigenvalue weighted by atomic mass is 35.5. The molecular weight excluding hydrogens is 365 g/mol. The number of rotatable bonds is 6. The van der Waals surface area contributed by atoms with Gasteiger partial charge in [0.15, 0.2) is 0 Å². The maximum absolute atomic E-state index is 12.1.